The van der Waals surface area contributed by atoms with Gasteiger partial charge in [0.2, 0.25) is 5.88 Å². The van der Waals surface area contributed by atoms with Crippen LogP contribution in [0.15, 0.2) is 16.9 Å². The molecule has 0 saturated carbocycles. The summed E-state index contributed by atoms with van der Waals surface area (Å²) < 4.78 is 6.35. The summed E-state index contributed by atoms with van der Waals surface area (Å²) >= 11 is 0. The quantitative estimate of drug-likeness (QED) is 0.607. The molecule has 13 heavy (non-hydrogen) atoms. The van der Waals surface area contributed by atoms with Crippen LogP contribution in [0.3, 0.4) is 0 Å². The van der Waals surface area contributed by atoms with Crippen molar-refractivity contribution in [1.29, 1.82) is 0 Å². The molecule has 1 rings (SSSR count). The third-order valence-corrected chi connectivity index (χ3v) is 1.40. The minimum atomic E-state index is -0.158. The number of aryl methyl sites for hydroxylation is 1. The molecule has 0 aliphatic carbocycles. The highest BCUT2D eigenvalue weighted by Gasteiger charge is 1.95. The van der Waals surface area contributed by atoms with Crippen LogP contribution < -0.4 is 10.3 Å². The molecule has 0 aromatic carbocycles. The van der Waals surface area contributed by atoms with Crippen molar-refractivity contribution in [1.82, 2.24) is 9.78 Å². The van der Waals surface area contributed by atoms with E-state index in [4.69, 9.17) is 4.74 Å². The van der Waals surface area contributed by atoms with Crippen LogP contribution >= 0.6 is 0 Å². The summed E-state index contributed by atoms with van der Waals surface area (Å²) in [5, 5.41) is 3.86. The summed E-state index contributed by atoms with van der Waals surface area (Å²) in [5.74, 6) is 5.83. The molecule has 0 aliphatic rings. The van der Waals surface area contributed by atoms with Gasteiger partial charge in [-0.2, -0.15) is 0 Å². The van der Waals surface area contributed by atoms with Gasteiger partial charge in [0.1, 0.15) is 0 Å². The van der Waals surface area contributed by atoms with Crippen molar-refractivity contribution in [3.05, 3.63) is 22.5 Å². The van der Waals surface area contributed by atoms with E-state index in [0.717, 1.165) is 0 Å². The molecule has 0 N–H and O–H groups in total. The fraction of sp³-hybridized carbons (Fsp3) is 0.333. The van der Waals surface area contributed by atoms with E-state index in [1.807, 2.05) is 0 Å². The maximum absolute atomic E-state index is 10.9. The van der Waals surface area contributed by atoms with Crippen LogP contribution in [0, 0.1) is 11.8 Å². The minimum Gasteiger partial charge on any atom is -0.463 e. The Morgan fingerprint density at radius 3 is 3.00 bits per heavy atom. The highest BCUT2D eigenvalue weighted by atomic mass is 16.5. The molecule has 0 bridgehead atoms. The van der Waals surface area contributed by atoms with Crippen molar-refractivity contribution in [2.75, 3.05) is 6.61 Å². The number of nitrogens with zero attached hydrogens (tertiary/aromatic N) is 2. The molecule has 4 nitrogen and oxygen atoms in total. The third-order valence-electron chi connectivity index (χ3n) is 1.40. The molecule has 68 valence electrons. The summed E-state index contributed by atoms with van der Waals surface area (Å²) in [7, 11) is 1.57. The Balaban J connectivity index is 2.72. The summed E-state index contributed by atoms with van der Waals surface area (Å²) in [6, 6.07) is 2.93. The molecule has 0 spiro atoms. The van der Waals surface area contributed by atoms with Gasteiger partial charge in [-0.1, -0.05) is 5.92 Å². The van der Waals surface area contributed by atoms with Crippen LogP contribution in [-0.4, -0.2) is 16.4 Å². The van der Waals surface area contributed by atoms with E-state index in [9.17, 15) is 4.79 Å². The highest BCUT2D eigenvalue weighted by molar-refractivity contribution is 5.08. The fourth-order valence-electron chi connectivity index (χ4n) is 0.740. The second kappa shape index (κ2) is 4.31. The zero-order valence-corrected chi connectivity index (χ0v) is 7.57. The number of rotatable bonds is 2. The first kappa shape index (κ1) is 9.33. The summed E-state index contributed by atoms with van der Waals surface area (Å²) in [5.41, 5.74) is -0.158. The van der Waals surface area contributed by atoms with Crippen molar-refractivity contribution in [3.63, 3.8) is 0 Å². The molecule has 0 fully saturated rings. The predicted molar refractivity (Wildman–Crippen MR) is 48.4 cm³/mol. The van der Waals surface area contributed by atoms with Crippen molar-refractivity contribution in [2.45, 2.75) is 6.92 Å². The second-order valence-corrected chi connectivity index (χ2v) is 2.35. The monoisotopic (exact) mass is 178 g/mol. The Morgan fingerprint density at radius 2 is 2.38 bits per heavy atom. The third kappa shape index (κ3) is 2.64. The average Bonchev–Trinajstić information content (AvgIpc) is 2.12. The van der Waals surface area contributed by atoms with Gasteiger partial charge in [-0.05, 0) is 6.92 Å². The van der Waals surface area contributed by atoms with E-state index in [1.54, 1.807) is 14.0 Å². The van der Waals surface area contributed by atoms with Crippen molar-refractivity contribution < 1.29 is 4.74 Å². The Hall–Kier alpha value is -1.76. The minimum absolute atomic E-state index is 0.158. The Morgan fingerprint density at radius 1 is 1.62 bits per heavy atom. The molecule has 1 aromatic heterocycles. The van der Waals surface area contributed by atoms with Gasteiger partial charge in [-0.25, -0.2) is 4.68 Å². The smallest absolute Gasteiger partial charge is 0.266 e. The molecule has 1 heterocycles. The lowest BCUT2D eigenvalue weighted by molar-refractivity contribution is 0.343. The Bertz CT molecular complexity index is 398. The van der Waals surface area contributed by atoms with Gasteiger partial charge >= 0.3 is 0 Å². The molecular weight excluding hydrogens is 168 g/mol. The SMILES string of the molecule is CC#CCOc1ccc(=O)n(C)n1. The normalized spacial score (nSPS) is 8.77. The summed E-state index contributed by atoms with van der Waals surface area (Å²) in [6.45, 7) is 2.03. The van der Waals surface area contributed by atoms with Crippen LogP contribution in [-0.2, 0) is 7.05 Å². The Kier molecular flexibility index (Phi) is 3.09. The molecule has 1 aromatic rings. The topological polar surface area (TPSA) is 44.1 Å². The standard InChI is InChI=1S/C9H10N2O2/c1-3-4-7-13-8-5-6-9(12)11(2)10-8/h5-6H,7H2,1-2H3. The first-order chi connectivity index (χ1) is 6.24. The van der Waals surface area contributed by atoms with Crippen molar-refractivity contribution >= 4 is 0 Å². The zero-order chi connectivity index (χ0) is 9.68. The molecule has 0 atom stereocenters. The molecule has 0 radical (unpaired) electrons. The molecule has 0 saturated heterocycles. The van der Waals surface area contributed by atoms with Crippen molar-refractivity contribution in [3.8, 4) is 17.7 Å². The zero-order valence-electron chi connectivity index (χ0n) is 7.57. The largest absolute Gasteiger partial charge is 0.463 e. The molecule has 0 aliphatic heterocycles. The maximum atomic E-state index is 10.9. The second-order valence-electron chi connectivity index (χ2n) is 2.35. The van der Waals surface area contributed by atoms with E-state index < -0.39 is 0 Å². The molecular formula is C9H10N2O2. The maximum Gasteiger partial charge on any atom is 0.266 e. The molecule has 0 unspecified atom stereocenters. The fourth-order valence-corrected chi connectivity index (χ4v) is 0.740. The Labute approximate surface area is 76.1 Å². The van der Waals surface area contributed by atoms with Crippen LogP contribution in [0.4, 0.5) is 0 Å². The number of ether oxygens (including phenoxy) is 1. The van der Waals surface area contributed by atoms with Gasteiger partial charge < -0.3 is 4.74 Å². The van der Waals surface area contributed by atoms with E-state index in [2.05, 4.69) is 16.9 Å². The summed E-state index contributed by atoms with van der Waals surface area (Å²) in [4.78, 5) is 10.9. The average molecular weight is 178 g/mol. The van der Waals surface area contributed by atoms with Crippen LogP contribution in [0.25, 0.3) is 0 Å². The van der Waals surface area contributed by atoms with E-state index in [-0.39, 0.29) is 5.56 Å². The number of hydrogen-bond donors (Lipinski definition) is 0. The van der Waals surface area contributed by atoms with Crippen LogP contribution in [0.1, 0.15) is 6.92 Å². The molecule has 4 heteroatoms. The van der Waals surface area contributed by atoms with E-state index in [1.165, 1.54) is 16.8 Å². The lowest BCUT2D eigenvalue weighted by atomic mass is 10.5. The van der Waals surface area contributed by atoms with Crippen LogP contribution in [0.2, 0.25) is 0 Å². The van der Waals surface area contributed by atoms with Crippen molar-refractivity contribution in [2.24, 2.45) is 7.05 Å². The van der Waals surface area contributed by atoms with Gasteiger partial charge in [0.15, 0.2) is 6.61 Å². The van der Waals surface area contributed by atoms with Gasteiger partial charge in [-0.15, -0.1) is 11.0 Å². The van der Waals surface area contributed by atoms with Gasteiger partial charge in [-0.3, -0.25) is 4.79 Å². The lowest BCUT2D eigenvalue weighted by Crippen LogP contribution is -2.18. The lowest BCUT2D eigenvalue weighted by Gasteiger charge is -2.01. The van der Waals surface area contributed by atoms with E-state index >= 15 is 0 Å². The van der Waals surface area contributed by atoms with E-state index in [0.29, 0.717) is 12.5 Å². The van der Waals surface area contributed by atoms with Gasteiger partial charge in [0.05, 0.1) is 0 Å². The first-order valence-corrected chi connectivity index (χ1v) is 3.81. The summed E-state index contributed by atoms with van der Waals surface area (Å²) in [6.07, 6.45) is 0. The highest BCUT2D eigenvalue weighted by Crippen LogP contribution is 1.99. The first-order valence-electron chi connectivity index (χ1n) is 3.81. The van der Waals surface area contributed by atoms with Crippen LogP contribution in [0.5, 0.6) is 5.88 Å². The number of hydrogen-bond acceptors (Lipinski definition) is 3. The number of aromatic nitrogens is 2. The van der Waals surface area contributed by atoms with Gasteiger partial charge in [0.25, 0.3) is 5.56 Å². The van der Waals surface area contributed by atoms with Gasteiger partial charge in [0, 0.05) is 19.2 Å². The molecule has 0 amide bonds. The predicted octanol–water partition coefficient (Wildman–Crippen LogP) is 0.182.